The highest BCUT2D eigenvalue weighted by Gasteiger charge is 2.14. The first-order valence-electron chi connectivity index (χ1n) is 17.5. The van der Waals surface area contributed by atoms with E-state index >= 15 is 0 Å². The lowest BCUT2D eigenvalue weighted by Crippen LogP contribution is -2.27. The fourth-order valence-corrected chi connectivity index (χ4v) is 4.80. The minimum Gasteiger partial charge on any atom is -0.356 e. The predicted molar refractivity (Wildman–Crippen MR) is 214 cm³/mol. The minimum absolute atomic E-state index is 0.0543. The zero-order chi connectivity index (χ0) is 38.4. The lowest BCUT2D eigenvalue weighted by atomic mass is 9.86. The first-order valence-corrected chi connectivity index (χ1v) is 18.7. The highest BCUT2D eigenvalue weighted by Crippen LogP contribution is 2.25. The van der Waals surface area contributed by atoms with Crippen molar-refractivity contribution < 1.29 is 18.1 Å². The van der Waals surface area contributed by atoms with Crippen molar-refractivity contribution in [1.82, 2.24) is 10.5 Å². The molecule has 8 heteroatoms. The molecule has 0 spiro atoms. The molecule has 0 saturated carbocycles. The Morgan fingerprint density at radius 2 is 1.53 bits per heavy atom. The number of hydrogen-bond acceptors (Lipinski definition) is 5. The van der Waals surface area contributed by atoms with Crippen LogP contribution in [0.4, 0.5) is 0 Å². The van der Waals surface area contributed by atoms with Gasteiger partial charge in [0.05, 0.1) is 23.1 Å². The monoisotopic (exact) mass is 709 g/mol. The lowest BCUT2D eigenvalue weighted by Gasteiger charge is -2.19. The van der Waals surface area contributed by atoms with E-state index in [4.69, 9.17) is 14.3 Å². The Balaban J connectivity index is 0.000000548. The Hall–Kier alpha value is -4.84. The SMILES string of the molecule is C=C(/C=C(\C=C/C)c1ccc(C#N)cc1)c1cc(Cc2ccc(C(C)(C)C)cc2)no1.CC.CC.CCc1ccc(C(=O)NCCS(=O)O)cc1. The number of nitrogens with one attached hydrogen (secondary N) is 1. The smallest absolute Gasteiger partial charge is 0.251 e. The van der Waals surface area contributed by atoms with Crippen LogP contribution in [0, 0.1) is 11.3 Å². The second kappa shape index (κ2) is 23.5. The highest BCUT2D eigenvalue weighted by molar-refractivity contribution is 7.79. The van der Waals surface area contributed by atoms with Gasteiger partial charge in [0.25, 0.3) is 5.91 Å². The van der Waals surface area contributed by atoms with Gasteiger partial charge in [0.1, 0.15) is 0 Å². The van der Waals surface area contributed by atoms with Crippen molar-refractivity contribution in [2.75, 3.05) is 12.3 Å². The highest BCUT2D eigenvalue weighted by atomic mass is 32.2. The molecule has 1 unspecified atom stereocenters. The molecule has 51 heavy (non-hydrogen) atoms. The van der Waals surface area contributed by atoms with E-state index in [0.29, 0.717) is 23.3 Å². The van der Waals surface area contributed by atoms with Crippen molar-refractivity contribution in [2.45, 2.75) is 80.6 Å². The molecule has 0 aliphatic heterocycles. The molecule has 3 aromatic carbocycles. The summed E-state index contributed by atoms with van der Waals surface area (Å²) in [5.41, 5.74) is 8.66. The topological polar surface area (TPSA) is 116 Å². The summed E-state index contributed by atoms with van der Waals surface area (Å²) in [6.45, 7) is 23.0. The molecule has 2 N–H and O–H groups in total. The summed E-state index contributed by atoms with van der Waals surface area (Å²) in [5, 5.41) is 15.8. The zero-order valence-corrected chi connectivity index (χ0v) is 32.6. The summed E-state index contributed by atoms with van der Waals surface area (Å²) < 4.78 is 24.5. The quantitative estimate of drug-likeness (QED) is 0.118. The van der Waals surface area contributed by atoms with Crippen LogP contribution in [-0.2, 0) is 29.3 Å². The molecule has 7 nitrogen and oxygen atoms in total. The fourth-order valence-electron chi connectivity index (χ4n) is 4.53. The third kappa shape index (κ3) is 15.7. The molecule has 1 amide bonds. The molecule has 0 saturated heterocycles. The van der Waals surface area contributed by atoms with Crippen molar-refractivity contribution in [3.63, 3.8) is 0 Å². The average Bonchev–Trinajstić information content (AvgIpc) is 3.62. The summed E-state index contributed by atoms with van der Waals surface area (Å²) in [5.74, 6) is 0.490. The van der Waals surface area contributed by atoms with Crippen LogP contribution in [-0.4, -0.2) is 32.1 Å². The van der Waals surface area contributed by atoms with Gasteiger partial charge in [-0.05, 0) is 76.9 Å². The van der Waals surface area contributed by atoms with E-state index in [0.717, 1.165) is 28.8 Å². The molecule has 1 heterocycles. The minimum atomic E-state index is -1.86. The van der Waals surface area contributed by atoms with Gasteiger partial charge in [0, 0.05) is 30.2 Å². The van der Waals surface area contributed by atoms with Crippen molar-refractivity contribution in [3.05, 3.63) is 149 Å². The molecule has 0 radical (unpaired) electrons. The maximum Gasteiger partial charge on any atom is 0.251 e. The molecule has 4 rings (SSSR count). The maximum absolute atomic E-state index is 11.5. The average molecular weight is 710 g/mol. The van der Waals surface area contributed by atoms with E-state index in [2.05, 4.69) is 68.2 Å². The molecule has 0 bridgehead atoms. The molecule has 1 atom stereocenters. The summed E-state index contributed by atoms with van der Waals surface area (Å²) in [7, 11) is 0. The number of nitriles is 1. The Morgan fingerprint density at radius 3 is 2.04 bits per heavy atom. The number of carbonyl (C=O) groups is 1. The Labute approximate surface area is 308 Å². The zero-order valence-electron chi connectivity index (χ0n) is 31.7. The summed E-state index contributed by atoms with van der Waals surface area (Å²) >= 11 is -1.86. The van der Waals surface area contributed by atoms with E-state index in [-0.39, 0.29) is 23.6 Å². The fraction of sp³-hybridized carbons (Fsp3) is 0.326. The van der Waals surface area contributed by atoms with Gasteiger partial charge < -0.3 is 14.4 Å². The van der Waals surface area contributed by atoms with Crippen LogP contribution in [0.3, 0.4) is 0 Å². The maximum atomic E-state index is 11.5. The van der Waals surface area contributed by atoms with Crippen LogP contribution >= 0.6 is 0 Å². The Kier molecular flexibility index (Phi) is 20.4. The van der Waals surface area contributed by atoms with Gasteiger partial charge >= 0.3 is 0 Å². The number of carbonyl (C=O) groups excluding carboxylic acids is 1. The second-order valence-corrected chi connectivity index (χ2v) is 13.0. The van der Waals surface area contributed by atoms with Crippen molar-refractivity contribution in [3.8, 4) is 6.07 Å². The standard InChI is InChI=1S/C28H28N2O.C11H15NO3S.2C2H6/c1-6-7-24(23-12-8-22(19-29)9-13-23)16-20(2)27-18-26(30-31-27)17-21-10-14-25(15-11-21)28(3,4)5;1-2-9-3-5-10(6-4-9)11(13)12-7-8-16(14)15;2*1-2/h6-16,18H,2,17H2,1,3-5H3;3-6H,2,7-8H2,1H3,(H,12,13)(H,14,15);2*1-2H3/b7-6-,24-16+;;;. The summed E-state index contributed by atoms with van der Waals surface area (Å²) in [4.78, 5) is 11.5. The molecular weight excluding hydrogens is 655 g/mol. The Morgan fingerprint density at radius 1 is 0.961 bits per heavy atom. The molecule has 272 valence electrons. The van der Waals surface area contributed by atoms with Gasteiger partial charge in [0.2, 0.25) is 0 Å². The normalized spacial score (nSPS) is 11.4. The molecule has 4 aromatic rings. The van der Waals surface area contributed by atoms with Crippen LogP contribution in [0.15, 0.2) is 108 Å². The van der Waals surface area contributed by atoms with Crippen LogP contribution in [0.2, 0.25) is 0 Å². The third-order valence-electron chi connectivity index (χ3n) is 7.29. The number of amides is 1. The number of aryl methyl sites for hydroxylation is 1. The summed E-state index contributed by atoms with van der Waals surface area (Å²) in [6, 6.07) is 27.6. The summed E-state index contributed by atoms with van der Waals surface area (Å²) in [6.07, 6.45) is 7.61. The molecular formula is C43H55N3O4S. The number of allylic oxidation sites excluding steroid dienone is 5. The number of hydrogen-bond donors (Lipinski definition) is 2. The van der Waals surface area contributed by atoms with Gasteiger partial charge in [-0.2, -0.15) is 5.26 Å². The van der Waals surface area contributed by atoms with E-state index in [1.54, 1.807) is 12.1 Å². The van der Waals surface area contributed by atoms with Crippen molar-refractivity contribution in [1.29, 1.82) is 5.26 Å². The van der Waals surface area contributed by atoms with E-state index in [1.807, 2.05) is 102 Å². The van der Waals surface area contributed by atoms with E-state index < -0.39 is 11.1 Å². The van der Waals surface area contributed by atoms with Gasteiger partial charge in [0.15, 0.2) is 16.8 Å². The third-order valence-corrected chi connectivity index (χ3v) is 7.84. The Bertz CT molecular complexity index is 1750. The van der Waals surface area contributed by atoms with Crippen molar-refractivity contribution in [2.24, 2.45) is 0 Å². The van der Waals surface area contributed by atoms with Crippen LogP contribution < -0.4 is 5.32 Å². The van der Waals surface area contributed by atoms with Crippen molar-refractivity contribution >= 4 is 28.1 Å². The van der Waals surface area contributed by atoms with E-state index in [9.17, 15) is 9.00 Å². The van der Waals surface area contributed by atoms with Crippen LogP contribution in [0.25, 0.3) is 11.1 Å². The van der Waals surface area contributed by atoms with Gasteiger partial charge in [-0.25, -0.2) is 4.21 Å². The van der Waals surface area contributed by atoms with E-state index in [1.165, 1.54) is 16.7 Å². The lowest BCUT2D eigenvalue weighted by molar-refractivity contribution is 0.0956. The van der Waals surface area contributed by atoms with Gasteiger partial charge in [-0.1, -0.05) is 128 Å². The number of rotatable bonds is 11. The number of nitrogens with zero attached hydrogens (tertiary/aromatic N) is 2. The van der Waals surface area contributed by atoms with Crippen LogP contribution in [0.1, 0.15) is 112 Å². The van der Waals surface area contributed by atoms with Gasteiger partial charge in [-0.15, -0.1) is 0 Å². The molecule has 0 aliphatic carbocycles. The first kappa shape index (κ1) is 44.2. The number of aromatic nitrogens is 1. The second-order valence-electron chi connectivity index (χ2n) is 12.0. The molecule has 0 aliphatic rings. The first-order chi connectivity index (χ1) is 24.4. The predicted octanol–water partition coefficient (Wildman–Crippen LogP) is 10.4. The van der Waals surface area contributed by atoms with Crippen LogP contribution in [0.5, 0.6) is 0 Å². The number of benzene rings is 3. The molecule has 1 aromatic heterocycles. The largest absolute Gasteiger partial charge is 0.356 e. The molecule has 0 fully saturated rings. The van der Waals surface area contributed by atoms with Gasteiger partial charge in [-0.3, -0.25) is 4.79 Å².